The highest BCUT2D eigenvalue weighted by atomic mass is 79.9. The number of rotatable bonds is 2. The van der Waals surface area contributed by atoms with Gasteiger partial charge in [0.05, 0.1) is 0 Å². The molecule has 0 bridgehead atoms. The molecule has 94 valence electrons. The molecule has 0 heterocycles. The Labute approximate surface area is 110 Å². The second-order valence-corrected chi connectivity index (χ2v) is 4.65. The molecule has 0 saturated carbocycles. The molecule has 2 rings (SSSR count). The molecular formula is C13H8BrF3O. The molecule has 18 heavy (non-hydrogen) atoms. The van der Waals surface area contributed by atoms with E-state index >= 15 is 0 Å². The molecule has 0 aliphatic rings. The lowest BCUT2D eigenvalue weighted by molar-refractivity contribution is 0.209. The minimum Gasteiger partial charge on any atom is -0.383 e. The first kappa shape index (κ1) is 13.1. The molecule has 0 aliphatic heterocycles. The van der Waals surface area contributed by atoms with Crippen molar-refractivity contribution in [3.05, 3.63) is 69.4 Å². The Balaban J connectivity index is 2.44. The van der Waals surface area contributed by atoms with E-state index in [4.69, 9.17) is 0 Å². The van der Waals surface area contributed by atoms with Gasteiger partial charge in [-0.15, -0.1) is 0 Å². The third-order valence-corrected chi connectivity index (χ3v) is 3.01. The number of benzene rings is 2. The molecular weight excluding hydrogens is 309 g/mol. The molecule has 1 unspecified atom stereocenters. The Morgan fingerprint density at radius 3 is 2.00 bits per heavy atom. The van der Waals surface area contributed by atoms with Gasteiger partial charge in [-0.1, -0.05) is 28.1 Å². The number of aliphatic hydroxyl groups excluding tert-OH is 1. The Morgan fingerprint density at radius 2 is 1.44 bits per heavy atom. The quantitative estimate of drug-likeness (QED) is 0.889. The molecule has 1 nitrogen and oxygen atoms in total. The predicted octanol–water partition coefficient (Wildman–Crippen LogP) is 3.95. The molecule has 0 spiro atoms. The summed E-state index contributed by atoms with van der Waals surface area (Å²) < 4.78 is 40.3. The lowest BCUT2D eigenvalue weighted by Crippen LogP contribution is -2.05. The smallest absolute Gasteiger partial charge is 0.132 e. The van der Waals surface area contributed by atoms with E-state index in [1.807, 2.05) is 0 Å². The summed E-state index contributed by atoms with van der Waals surface area (Å²) in [6, 6.07) is 6.79. The van der Waals surface area contributed by atoms with Crippen LogP contribution in [0.2, 0.25) is 0 Å². The predicted molar refractivity (Wildman–Crippen MR) is 64.5 cm³/mol. The van der Waals surface area contributed by atoms with Crippen molar-refractivity contribution in [1.29, 1.82) is 0 Å². The summed E-state index contributed by atoms with van der Waals surface area (Å²) >= 11 is 3.08. The maximum Gasteiger partial charge on any atom is 0.132 e. The van der Waals surface area contributed by atoms with Crippen molar-refractivity contribution >= 4 is 15.9 Å². The average molecular weight is 317 g/mol. The third-order valence-electron chi connectivity index (χ3n) is 2.51. The van der Waals surface area contributed by atoms with E-state index in [-0.39, 0.29) is 11.1 Å². The van der Waals surface area contributed by atoms with Crippen molar-refractivity contribution in [2.75, 3.05) is 0 Å². The van der Waals surface area contributed by atoms with Crippen molar-refractivity contribution in [3.63, 3.8) is 0 Å². The highest BCUT2D eigenvalue weighted by Crippen LogP contribution is 2.28. The zero-order valence-corrected chi connectivity index (χ0v) is 10.6. The standard InChI is InChI=1S/C13H8BrF3O/c14-7-1-3-9(11(16)5-7)13(18)10-4-2-8(15)6-12(10)17/h1-6,13,18H. The zero-order chi connectivity index (χ0) is 13.3. The summed E-state index contributed by atoms with van der Waals surface area (Å²) in [5, 5.41) is 9.92. The minimum atomic E-state index is -1.47. The lowest BCUT2D eigenvalue weighted by Gasteiger charge is -2.13. The molecule has 5 heteroatoms. The first-order valence-electron chi connectivity index (χ1n) is 5.07. The van der Waals surface area contributed by atoms with Gasteiger partial charge in [-0.2, -0.15) is 0 Å². The highest BCUT2D eigenvalue weighted by molar-refractivity contribution is 9.10. The first-order valence-corrected chi connectivity index (χ1v) is 5.86. The molecule has 0 fully saturated rings. The van der Waals surface area contributed by atoms with Gasteiger partial charge >= 0.3 is 0 Å². The molecule has 2 aromatic carbocycles. The SMILES string of the molecule is OC(c1ccc(F)cc1F)c1ccc(Br)cc1F. The molecule has 1 N–H and O–H groups in total. The maximum absolute atomic E-state index is 13.6. The summed E-state index contributed by atoms with van der Waals surface area (Å²) in [4.78, 5) is 0. The van der Waals surface area contributed by atoms with Crippen LogP contribution in [0.15, 0.2) is 40.9 Å². The number of halogens is 4. The van der Waals surface area contributed by atoms with E-state index in [1.165, 1.54) is 18.2 Å². The van der Waals surface area contributed by atoms with Crippen molar-refractivity contribution in [3.8, 4) is 0 Å². The molecule has 0 saturated heterocycles. The fourth-order valence-electron chi connectivity index (χ4n) is 1.61. The first-order chi connectivity index (χ1) is 8.49. The summed E-state index contributed by atoms with van der Waals surface area (Å²) in [5.74, 6) is -2.33. The normalized spacial score (nSPS) is 12.5. The van der Waals surface area contributed by atoms with Gasteiger partial charge in [0.15, 0.2) is 0 Å². The average Bonchev–Trinajstić information content (AvgIpc) is 2.28. The Bertz CT molecular complexity index is 535. The fraction of sp³-hybridized carbons (Fsp3) is 0.0769. The van der Waals surface area contributed by atoms with Gasteiger partial charge in [-0.25, -0.2) is 13.2 Å². The Hall–Kier alpha value is -1.33. The second kappa shape index (κ2) is 5.12. The van der Waals surface area contributed by atoms with Crippen LogP contribution in [0.1, 0.15) is 17.2 Å². The van der Waals surface area contributed by atoms with Crippen LogP contribution in [-0.4, -0.2) is 5.11 Å². The van der Waals surface area contributed by atoms with Gasteiger partial charge in [-0.3, -0.25) is 0 Å². The number of hydrogen-bond acceptors (Lipinski definition) is 1. The molecule has 0 aromatic heterocycles. The van der Waals surface area contributed by atoms with Gasteiger partial charge in [-0.05, 0) is 18.2 Å². The van der Waals surface area contributed by atoms with Crippen molar-refractivity contribution in [2.24, 2.45) is 0 Å². The molecule has 0 radical (unpaired) electrons. The highest BCUT2D eigenvalue weighted by Gasteiger charge is 2.19. The molecule has 2 aromatic rings. The van der Waals surface area contributed by atoms with E-state index in [0.717, 1.165) is 12.1 Å². The van der Waals surface area contributed by atoms with Crippen molar-refractivity contribution < 1.29 is 18.3 Å². The summed E-state index contributed by atoms with van der Waals surface area (Å²) in [7, 11) is 0. The third kappa shape index (κ3) is 2.57. The Kier molecular flexibility index (Phi) is 3.73. The van der Waals surface area contributed by atoms with Crippen LogP contribution in [0.3, 0.4) is 0 Å². The topological polar surface area (TPSA) is 20.2 Å². The molecule has 0 aliphatic carbocycles. The van der Waals surface area contributed by atoms with Crippen molar-refractivity contribution in [2.45, 2.75) is 6.10 Å². The van der Waals surface area contributed by atoms with E-state index in [1.54, 1.807) is 0 Å². The van der Waals surface area contributed by atoms with Crippen LogP contribution < -0.4 is 0 Å². The summed E-state index contributed by atoms with van der Waals surface area (Å²) in [6.45, 7) is 0. The van der Waals surface area contributed by atoms with E-state index in [0.29, 0.717) is 10.5 Å². The Morgan fingerprint density at radius 1 is 0.889 bits per heavy atom. The maximum atomic E-state index is 13.6. The fourth-order valence-corrected chi connectivity index (χ4v) is 1.95. The van der Waals surface area contributed by atoms with Gasteiger partial charge in [0.1, 0.15) is 23.6 Å². The minimum absolute atomic E-state index is 0.0660. The van der Waals surface area contributed by atoms with Crippen LogP contribution in [0.4, 0.5) is 13.2 Å². The van der Waals surface area contributed by atoms with Gasteiger partial charge in [0.25, 0.3) is 0 Å². The van der Waals surface area contributed by atoms with Gasteiger partial charge in [0.2, 0.25) is 0 Å². The largest absolute Gasteiger partial charge is 0.383 e. The van der Waals surface area contributed by atoms with Crippen LogP contribution in [-0.2, 0) is 0 Å². The van der Waals surface area contributed by atoms with Crippen LogP contribution in [0.5, 0.6) is 0 Å². The number of hydrogen-bond donors (Lipinski definition) is 1. The van der Waals surface area contributed by atoms with Crippen LogP contribution >= 0.6 is 15.9 Å². The molecule has 0 amide bonds. The monoisotopic (exact) mass is 316 g/mol. The van der Waals surface area contributed by atoms with E-state index in [9.17, 15) is 18.3 Å². The van der Waals surface area contributed by atoms with Crippen molar-refractivity contribution in [1.82, 2.24) is 0 Å². The number of aliphatic hydroxyl groups is 1. The van der Waals surface area contributed by atoms with Crippen LogP contribution in [0.25, 0.3) is 0 Å². The second-order valence-electron chi connectivity index (χ2n) is 3.73. The van der Waals surface area contributed by atoms with E-state index < -0.39 is 23.6 Å². The van der Waals surface area contributed by atoms with Gasteiger partial charge < -0.3 is 5.11 Å². The summed E-state index contributed by atoms with van der Waals surface area (Å²) in [6.07, 6.45) is -1.47. The molecule has 1 atom stereocenters. The van der Waals surface area contributed by atoms with Gasteiger partial charge in [0, 0.05) is 21.7 Å². The summed E-state index contributed by atoms with van der Waals surface area (Å²) in [5.41, 5.74) is -0.235. The van der Waals surface area contributed by atoms with Crippen LogP contribution in [0, 0.1) is 17.5 Å². The van der Waals surface area contributed by atoms with E-state index in [2.05, 4.69) is 15.9 Å². The zero-order valence-electron chi connectivity index (χ0n) is 9.00. The lowest BCUT2D eigenvalue weighted by atomic mass is 10.0.